The lowest BCUT2D eigenvalue weighted by Gasteiger charge is -2.26. The molecule has 41 heavy (non-hydrogen) atoms. The largest absolute Gasteiger partial charge is 0.513 e. The number of hydrogen-bond donors (Lipinski definition) is 2. The second kappa shape index (κ2) is 15.6. The topological polar surface area (TPSA) is 161 Å². The Morgan fingerprint density at radius 2 is 1.39 bits per heavy atom. The van der Waals surface area contributed by atoms with Gasteiger partial charge in [0.2, 0.25) is 0 Å². The summed E-state index contributed by atoms with van der Waals surface area (Å²) in [6, 6.07) is 2.82. The monoisotopic (exact) mass is 581 g/mol. The molecule has 0 aliphatic heterocycles. The van der Waals surface area contributed by atoms with Crippen molar-refractivity contribution in [1.29, 1.82) is 0 Å². The Kier molecular flexibility index (Phi) is 13.6. The van der Waals surface area contributed by atoms with E-state index < -0.39 is 42.3 Å². The normalized spacial score (nSPS) is 14.7. The van der Waals surface area contributed by atoms with Gasteiger partial charge in [-0.1, -0.05) is 67.9 Å². The van der Waals surface area contributed by atoms with Crippen LogP contribution in [0.5, 0.6) is 11.5 Å². The summed E-state index contributed by atoms with van der Waals surface area (Å²) in [5.74, 6) is -2.71. The average molecular weight is 582 g/mol. The van der Waals surface area contributed by atoms with Gasteiger partial charge >= 0.3 is 24.2 Å². The first-order valence-electron chi connectivity index (χ1n) is 13.8. The Morgan fingerprint density at radius 1 is 0.878 bits per heavy atom. The van der Waals surface area contributed by atoms with Crippen molar-refractivity contribution in [3.05, 3.63) is 23.8 Å². The number of ether oxygens (including phenoxy) is 5. The van der Waals surface area contributed by atoms with Gasteiger partial charge in [-0.2, -0.15) is 0 Å². The van der Waals surface area contributed by atoms with Crippen molar-refractivity contribution in [2.75, 3.05) is 13.2 Å². The molecule has 1 aromatic rings. The summed E-state index contributed by atoms with van der Waals surface area (Å²) in [7, 11) is 0. The molecule has 0 bridgehead atoms. The number of carboxylic acids is 1. The highest BCUT2D eigenvalue weighted by Crippen LogP contribution is 2.35. The Hall–Kier alpha value is -3.34. The minimum absolute atomic E-state index is 0.0569. The van der Waals surface area contributed by atoms with Crippen molar-refractivity contribution in [3.63, 3.8) is 0 Å². The molecule has 0 fully saturated rings. The molecule has 0 radical (unpaired) electrons. The number of rotatable bonds is 13. The average Bonchev–Trinajstić information content (AvgIpc) is 2.84. The van der Waals surface area contributed by atoms with E-state index in [1.165, 1.54) is 18.2 Å². The molecular weight excluding hydrogens is 534 g/mol. The van der Waals surface area contributed by atoms with Crippen molar-refractivity contribution in [3.8, 4) is 11.5 Å². The van der Waals surface area contributed by atoms with Crippen LogP contribution in [0.4, 0.5) is 9.59 Å². The van der Waals surface area contributed by atoms with Gasteiger partial charge in [-0.05, 0) is 47.8 Å². The summed E-state index contributed by atoms with van der Waals surface area (Å²) >= 11 is 0. The highest BCUT2D eigenvalue weighted by Gasteiger charge is 2.31. The first kappa shape index (κ1) is 35.7. The van der Waals surface area contributed by atoms with E-state index in [4.69, 9.17) is 29.4 Å². The number of carboxylic acid groups (broad SMARTS) is 1. The predicted molar refractivity (Wildman–Crippen MR) is 152 cm³/mol. The minimum atomic E-state index is -1.38. The van der Waals surface area contributed by atoms with Crippen LogP contribution in [-0.4, -0.2) is 54.7 Å². The van der Waals surface area contributed by atoms with Crippen molar-refractivity contribution >= 4 is 24.2 Å². The van der Waals surface area contributed by atoms with Gasteiger partial charge in [0.1, 0.15) is 6.04 Å². The van der Waals surface area contributed by atoms with E-state index in [0.717, 1.165) is 6.42 Å². The van der Waals surface area contributed by atoms with E-state index in [2.05, 4.69) is 0 Å². The molecule has 11 heteroatoms. The van der Waals surface area contributed by atoms with Crippen LogP contribution >= 0.6 is 0 Å². The predicted octanol–water partition coefficient (Wildman–Crippen LogP) is 6.06. The van der Waals surface area contributed by atoms with E-state index in [0.29, 0.717) is 5.56 Å². The van der Waals surface area contributed by atoms with Crippen LogP contribution in [0, 0.1) is 16.7 Å². The zero-order valence-corrected chi connectivity index (χ0v) is 25.8. The van der Waals surface area contributed by atoms with Crippen LogP contribution < -0.4 is 15.2 Å². The number of aliphatic carboxylic acids is 1. The molecule has 3 unspecified atom stereocenters. The summed E-state index contributed by atoms with van der Waals surface area (Å²) < 4.78 is 26.5. The number of benzene rings is 1. The van der Waals surface area contributed by atoms with Gasteiger partial charge in [0.25, 0.3) is 0 Å². The number of esters is 1. The second-order valence-corrected chi connectivity index (χ2v) is 12.8. The molecule has 0 spiro atoms. The van der Waals surface area contributed by atoms with Gasteiger partial charge in [-0.25, -0.2) is 9.59 Å². The molecule has 0 saturated carbocycles. The van der Waals surface area contributed by atoms with Gasteiger partial charge < -0.3 is 34.5 Å². The summed E-state index contributed by atoms with van der Waals surface area (Å²) in [5.41, 5.74) is 5.76. The highest BCUT2D eigenvalue weighted by molar-refractivity contribution is 5.75. The molecule has 1 aromatic carbocycles. The van der Waals surface area contributed by atoms with Crippen LogP contribution in [0.3, 0.4) is 0 Å². The molecule has 0 aliphatic carbocycles. The van der Waals surface area contributed by atoms with E-state index in [1.807, 2.05) is 55.4 Å². The first-order chi connectivity index (χ1) is 18.8. The van der Waals surface area contributed by atoms with E-state index in [1.54, 1.807) is 6.92 Å². The van der Waals surface area contributed by atoms with Crippen molar-refractivity contribution in [1.82, 2.24) is 0 Å². The smallest absolute Gasteiger partial charge is 0.480 e. The summed E-state index contributed by atoms with van der Waals surface area (Å²) in [6.45, 7) is 16.9. The molecule has 0 aliphatic rings. The Balaban J connectivity index is 3.32. The maximum absolute atomic E-state index is 12.5. The fraction of sp³-hybridized carbons (Fsp3) is 0.667. The Labute approximate surface area is 243 Å². The zero-order chi connectivity index (χ0) is 31.5. The second-order valence-electron chi connectivity index (χ2n) is 12.8. The van der Waals surface area contributed by atoms with Crippen LogP contribution in [0.1, 0.15) is 93.1 Å². The molecule has 0 saturated heterocycles. The standard InChI is InChI=1S/C30H47NO10/c1-10-18(2)13-24(32)39-19(3)14-21(25(31)26(33)34)20-11-12-22(40-27(35)37-16-29(4,5)6)23(15-20)41-28(36)38-17-30(7,8)9/h11-12,15,18-19,21,25H,10,13-14,16-17,31H2,1-9H3,(H,33,34)/t18?,19?,21?,25-/m0/s1. The van der Waals surface area contributed by atoms with E-state index in [9.17, 15) is 24.3 Å². The zero-order valence-electron chi connectivity index (χ0n) is 25.8. The Bertz CT molecular complexity index is 1040. The third-order valence-corrected chi connectivity index (χ3v) is 5.88. The summed E-state index contributed by atoms with van der Waals surface area (Å²) in [5, 5.41) is 9.69. The number of nitrogens with two attached hydrogens (primary N) is 1. The van der Waals surface area contributed by atoms with Gasteiger partial charge in [-0.3, -0.25) is 9.59 Å². The van der Waals surface area contributed by atoms with Crippen LogP contribution in [-0.2, 0) is 23.8 Å². The number of carbonyl (C=O) groups is 4. The van der Waals surface area contributed by atoms with Gasteiger partial charge in [0.05, 0.1) is 19.3 Å². The molecule has 3 N–H and O–H groups in total. The molecule has 4 atom stereocenters. The fourth-order valence-corrected chi connectivity index (χ4v) is 3.48. The SMILES string of the molecule is CCC(C)CC(=O)OC(C)CC(c1ccc(OC(=O)OCC(C)(C)C)c(OC(=O)OCC(C)(C)C)c1)[C@H](N)C(=O)O. The lowest BCUT2D eigenvalue weighted by molar-refractivity contribution is -0.149. The van der Waals surface area contributed by atoms with Crippen LogP contribution in [0.25, 0.3) is 0 Å². The van der Waals surface area contributed by atoms with Gasteiger partial charge in [0, 0.05) is 12.3 Å². The van der Waals surface area contributed by atoms with Crippen molar-refractivity contribution in [2.45, 2.75) is 99.6 Å². The Morgan fingerprint density at radius 3 is 1.85 bits per heavy atom. The fourth-order valence-electron chi connectivity index (χ4n) is 3.48. The van der Waals surface area contributed by atoms with Crippen molar-refractivity contribution < 1.29 is 48.0 Å². The molecular formula is C30H47NO10. The summed E-state index contributed by atoms with van der Waals surface area (Å²) in [4.78, 5) is 49.0. The van der Waals surface area contributed by atoms with Gasteiger partial charge in [-0.15, -0.1) is 0 Å². The third kappa shape index (κ3) is 14.2. The van der Waals surface area contributed by atoms with Crippen LogP contribution in [0.2, 0.25) is 0 Å². The molecule has 11 nitrogen and oxygen atoms in total. The maximum atomic E-state index is 12.5. The highest BCUT2D eigenvalue weighted by atomic mass is 16.7. The lowest BCUT2D eigenvalue weighted by Crippen LogP contribution is -2.38. The molecule has 0 amide bonds. The first-order valence-corrected chi connectivity index (χ1v) is 13.8. The third-order valence-electron chi connectivity index (χ3n) is 5.88. The van der Waals surface area contributed by atoms with Crippen molar-refractivity contribution in [2.24, 2.45) is 22.5 Å². The van der Waals surface area contributed by atoms with E-state index in [-0.39, 0.29) is 54.3 Å². The molecule has 232 valence electrons. The quantitative estimate of drug-likeness (QED) is 0.158. The number of carbonyl (C=O) groups excluding carboxylic acids is 3. The molecule has 1 rings (SSSR count). The molecule has 0 aromatic heterocycles. The number of hydrogen-bond acceptors (Lipinski definition) is 10. The lowest BCUT2D eigenvalue weighted by atomic mass is 9.87. The van der Waals surface area contributed by atoms with Crippen LogP contribution in [0.15, 0.2) is 18.2 Å². The van der Waals surface area contributed by atoms with E-state index >= 15 is 0 Å². The molecule has 0 heterocycles. The minimum Gasteiger partial charge on any atom is -0.480 e. The van der Waals surface area contributed by atoms with Gasteiger partial charge in [0.15, 0.2) is 11.5 Å². The maximum Gasteiger partial charge on any atom is 0.513 e. The summed E-state index contributed by atoms with van der Waals surface area (Å²) in [6.07, 6.45) is -1.59.